The van der Waals surface area contributed by atoms with Gasteiger partial charge in [0.1, 0.15) is 0 Å². The second-order valence-corrected chi connectivity index (χ2v) is 9.58. The molecular weight excluding hydrogens is 434 g/mol. The normalized spacial score (nSPS) is 15.9. The van der Waals surface area contributed by atoms with Gasteiger partial charge in [-0.05, 0) is 61.1 Å². The number of nitrogens with zero attached hydrogens (tertiary/aromatic N) is 2. The number of para-hydroxylation sites is 1. The summed E-state index contributed by atoms with van der Waals surface area (Å²) < 4.78 is 1.98. The van der Waals surface area contributed by atoms with Crippen LogP contribution >= 0.6 is 0 Å². The van der Waals surface area contributed by atoms with Crippen molar-refractivity contribution in [2.24, 2.45) is 7.05 Å². The number of carbonyl (C=O) groups is 2. The molecule has 1 atom stereocenters. The van der Waals surface area contributed by atoms with Crippen LogP contribution in [-0.4, -0.2) is 40.4 Å². The Morgan fingerprint density at radius 3 is 2.51 bits per heavy atom. The number of amides is 2. The zero-order chi connectivity index (χ0) is 24.5. The molecule has 0 radical (unpaired) electrons. The van der Waals surface area contributed by atoms with Gasteiger partial charge in [0.25, 0.3) is 11.8 Å². The molecule has 1 unspecified atom stereocenters. The van der Waals surface area contributed by atoms with Gasteiger partial charge in [-0.2, -0.15) is 0 Å². The summed E-state index contributed by atoms with van der Waals surface area (Å²) in [6.07, 6.45) is 3.60. The Morgan fingerprint density at radius 2 is 1.69 bits per heavy atom. The van der Waals surface area contributed by atoms with E-state index in [1.165, 1.54) is 11.1 Å². The van der Waals surface area contributed by atoms with Crippen LogP contribution in [0, 0.1) is 13.8 Å². The number of rotatable bonds is 4. The smallest absolute Gasteiger partial charge is 0.254 e. The van der Waals surface area contributed by atoms with Crippen LogP contribution in [0.2, 0.25) is 0 Å². The molecule has 1 aromatic heterocycles. The SMILES string of the molecule is Cc1ccc(-c2ccccc2C(=O)N2CCCC(NC(=O)c3cn(C)c4ccccc34)C2)cc1C. The minimum absolute atomic E-state index is 0.0166. The molecule has 35 heavy (non-hydrogen) atoms. The molecule has 0 saturated carbocycles. The zero-order valence-electron chi connectivity index (χ0n) is 20.5. The van der Waals surface area contributed by atoms with Gasteiger partial charge >= 0.3 is 0 Å². The average Bonchev–Trinajstić information content (AvgIpc) is 3.22. The fraction of sp³-hybridized carbons (Fsp3) is 0.267. The highest BCUT2D eigenvalue weighted by atomic mass is 16.2. The van der Waals surface area contributed by atoms with E-state index in [1.54, 1.807) is 0 Å². The van der Waals surface area contributed by atoms with Crippen LogP contribution in [0.3, 0.4) is 0 Å². The van der Waals surface area contributed by atoms with Crippen molar-refractivity contribution in [2.45, 2.75) is 32.7 Å². The first-order chi connectivity index (χ1) is 16.9. The summed E-state index contributed by atoms with van der Waals surface area (Å²) in [6.45, 7) is 5.39. The predicted octanol–water partition coefficient (Wildman–Crippen LogP) is 5.50. The van der Waals surface area contributed by atoms with Crippen molar-refractivity contribution in [1.82, 2.24) is 14.8 Å². The molecule has 5 heteroatoms. The maximum atomic E-state index is 13.6. The van der Waals surface area contributed by atoms with Crippen molar-refractivity contribution in [3.05, 3.63) is 95.2 Å². The Hall–Kier alpha value is -3.86. The summed E-state index contributed by atoms with van der Waals surface area (Å²) in [4.78, 5) is 28.7. The molecule has 1 fully saturated rings. The Labute approximate surface area is 206 Å². The predicted molar refractivity (Wildman–Crippen MR) is 141 cm³/mol. The molecular formula is C30H31N3O2. The Bertz CT molecular complexity index is 1420. The number of fused-ring (bicyclic) bond motifs is 1. The first-order valence-electron chi connectivity index (χ1n) is 12.2. The molecule has 1 aliphatic heterocycles. The number of aromatic nitrogens is 1. The maximum Gasteiger partial charge on any atom is 0.254 e. The van der Waals surface area contributed by atoms with Gasteiger partial charge in [-0.25, -0.2) is 0 Å². The number of piperidine rings is 1. The highest BCUT2D eigenvalue weighted by Crippen LogP contribution is 2.28. The number of nitrogens with one attached hydrogen (secondary N) is 1. The third kappa shape index (κ3) is 4.46. The number of benzene rings is 3. The lowest BCUT2D eigenvalue weighted by Crippen LogP contribution is -2.49. The number of hydrogen-bond donors (Lipinski definition) is 1. The molecule has 0 aliphatic carbocycles. The highest BCUT2D eigenvalue weighted by molar-refractivity contribution is 6.07. The van der Waals surface area contributed by atoms with Gasteiger partial charge in [-0.1, -0.05) is 54.6 Å². The lowest BCUT2D eigenvalue weighted by Gasteiger charge is -2.33. The number of carbonyl (C=O) groups excluding carboxylic acids is 2. The van der Waals surface area contributed by atoms with Crippen LogP contribution < -0.4 is 5.32 Å². The summed E-state index contributed by atoms with van der Waals surface area (Å²) in [5.74, 6) is -0.0698. The van der Waals surface area contributed by atoms with Crippen molar-refractivity contribution in [3.8, 4) is 11.1 Å². The van der Waals surface area contributed by atoms with E-state index in [9.17, 15) is 9.59 Å². The topological polar surface area (TPSA) is 54.3 Å². The van der Waals surface area contributed by atoms with E-state index in [0.29, 0.717) is 24.2 Å². The molecule has 1 saturated heterocycles. The van der Waals surface area contributed by atoms with Crippen LogP contribution in [0.1, 0.15) is 44.7 Å². The number of aryl methyl sites for hydroxylation is 3. The van der Waals surface area contributed by atoms with Crippen molar-refractivity contribution in [1.29, 1.82) is 0 Å². The number of likely N-dealkylation sites (tertiary alicyclic amines) is 1. The minimum atomic E-state index is -0.0865. The molecule has 2 heterocycles. The van der Waals surface area contributed by atoms with Gasteiger partial charge in [0.05, 0.1) is 5.56 Å². The van der Waals surface area contributed by atoms with Crippen molar-refractivity contribution >= 4 is 22.7 Å². The van der Waals surface area contributed by atoms with E-state index in [-0.39, 0.29) is 17.9 Å². The summed E-state index contributed by atoms with van der Waals surface area (Å²) in [6, 6.07) is 22.0. The third-order valence-electron chi connectivity index (χ3n) is 7.16. The summed E-state index contributed by atoms with van der Waals surface area (Å²) >= 11 is 0. The Morgan fingerprint density at radius 1 is 0.914 bits per heavy atom. The molecule has 0 spiro atoms. The fourth-order valence-corrected chi connectivity index (χ4v) is 5.07. The van der Waals surface area contributed by atoms with E-state index in [4.69, 9.17) is 0 Å². The van der Waals surface area contributed by atoms with E-state index in [0.717, 1.165) is 34.9 Å². The van der Waals surface area contributed by atoms with Crippen LogP contribution in [0.4, 0.5) is 0 Å². The van der Waals surface area contributed by atoms with Crippen LogP contribution in [0.25, 0.3) is 22.0 Å². The van der Waals surface area contributed by atoms with Gasteiger partial charge in [0.15, 0.2) is 0 Å². The second-order valence-electron chi connectivity index (χ2n) is 9.58. The lowest BCUT2D eigenvalue weighted by atomic mass is 9.95. The standard InChI is InChI=1S/C30H31N3O2/c1-20-14-15-22(17-21(20)2)24-10-4-5-12-26(24)30(35)33-16-8-9-23(18-33)31-29(34)27-19-32(3)28-13-7-6-11-25(27)28/h4-7,10-15,17,19,23H,8-9,16,18H2,1-3H3,(H,31,34). The third-order valence-corrected chi connectivity index (χ3v) is 7.16. The lowest BCUT2D eigenvalue weighted by molar-refractivity contribution is 0.0677. The van der Waals surface area contributed by atoms with Crippen molar-refractivity contribution in [2.75, 3.05) is 13.1 Å². The minimum Gasteiger partial charge on any atom is -0.350 e. The quantitative estimate of drug-likeness (QED) is 0.433. The van der Waals surface area contributed by atoms with E-state index in [2.05, 4.69) is 37.4 Å². The molecule has 5 nitrogen and oxygen atoms in total. The Balaban J connectivity index is 1.35. The first kappa shape index (κ1) is 22.9. The summed E-state index contributed by atoms with van der Waals surface area (Å²) in [5.41, 5.74) is 6.85. The molecule has 178 valence electrons. The van der Waals surface area contributed by atoms with Gasteiger partial charge in [0.2, 0.25) is 0 Å². The first-order valence-corrected chi connectivity index (χ1v) is 12.2. The van der Waals surface area contributed by atoms with Gasteiger partial charge < -0.3 is 14.8 Å². The second kappa shape index (κ2) is 9.41. The van der Waals surface area contributed by atoms with Crippen LogP contribution in [0.5, 0.6) is 0 Å². The Kier molecular flexibility index (Phi) is 6.16. The molecule has 5 rings (SSSR count). The molecule has 4 aromatic rings. The molecule has 1 aliphatic rings. The van der Waals surface area contributed by atoms with Crippen LogP contribution in [0.15, 0.2) is 72.9 Å². The van der Waals surface area contributed by atoms with Crippen LogP contribution in [-0.2, 0) is 7.05 Å². The summed E-state index contributed by atoms with van der Waals surface area (Å²) in [5, 5.41) is 4.13. The zero-order valence-corrected chi connectivity index (χ0v) is 20.5. The number of hydrogen-bond acceptors (Lipinski definition) is 2. The average molecular weight is 466 g/mol. The van der Waals surface area contributed by atoms with Gasteiger partial charge in [-0.15, -0.1) is 0 Å². The largest absolute Gasteiger partial charge is 0.350 e. The highest BCUT2D eigenvalue weighted by Gasteiger charge is 2.28. The van der Waals surface area contributed by atoms with E-state index in [1.807, 2.05) is 71.2 Å². The molecule has 1 N–H and O–H groups in total. The molecule has 2 amide bonds. The maximum absolute atomic E-state index is 13.6. The fourth-order valence-electron chi connectivity index (χ4n) is 5.07. The van der Waals surface area contributed by atoms with E-state index >= 15 is 0 Å². The van der Waals surface area contributed by atoms with Gasteiger partial charge in [0, 0.05) is 48.8 Å². The molecule has 3 aromatic carbocycles. The van der Waals surface area contributed by atoms with Crippen molar-refractivity contribution < 1.29 is 9.59 Å². The monoisotopic (exact) mass is 465 g/mol. The van der Waals surface area contributed by atoms with Crippen molar-refractivity contribution in [3.63, 3.8) is 0 Å². The summed E-state index contributed by atoms with van der Waals surface area (Å²) in [7, 11) is 1.95. The van der Waals surface area contributed by atoms with Gasteiger partial charge in [-0.3, -0.25) is 9.59 Å². The van der Waals surface area contributed by atoms with E-state index < -0.39 is 0 Å². The molecule has 0 bridgehead atoms.